The molecular weight excluding hydrogens is 322 g/mol. The fraction of sp³-hybridized carbons (Fsp3) is 0.500. The highest BCUT2D eigenvalue weighted by atomic mass is 16.5. The summed E-state index contributed by atoms with van der Waals surface area (Å²) in [4.78, 5) is 38.3. The smallest absolute Gasteiger partial charge is 0.328 e. The first-order chi connectivity index (χ1) is 12.0. The summed E-state index contributed by atoms with van der Waals surface area (Å²) in [5.74, 6) is -1.14. The van der Waals surface area contributed by atoms with Crippen molar-refractivity contribution in [1.29, 1.82) is 0 Å². The second-order valence-corrected chi connectivity index (χ2v) is 6.24. The van der Waals surface area contributed by atoms with Crippen LogP contribution in [0.2, 0.25) is 0 Å². The zero-order valence-corrected chi connectivity index (χ0v) is 14.7. The number of rotatable bonds is 5. The van der Waals surface area contributed by atoms with Gasteiger partial charge in [0.25, 0.3) is 5.91 Å². The molecule has 1 saturated heterocycles. The Labute approximate surface area is 147 Å². The number of esters is 1. The summed E-state index contributed by atoms with van der Waals surface area (Å²) in [6.07, 6.45) is 2.34. The molecule has 0 aliphatic carbocycles. The maximum atomic E-state index is 12.8. The molecule has 7 nitrogen and oxygen atoms in total. The number of likely N-dealkylation sites (tertiary alicyclic amines) is 1. The number of carbonyl (C=O) groups excluding carboxylic acids is 3. The monoisotopic (exact) mass is 347 g/mol. The first-order valence-electron chi connectivity index (χ1n) is 8.47. The first-order valence-corrected chi connectivity index (χ1v) is 8.47. The molecule has 0 bridgehead atoms. The molecule has 2 atom stereocenters. The average Bonchev–Trinajstić information content (AvgIpc) is 2.66. The maximum absolute atomic E-state index is 12.8. The minimum atomic E-state index is -0.554. The van der Waals surface area contributed by atoms with Crippen molar-refractivity contribution in [2.45, 2.75) is 32.2 Å². The summed E-state index contributed by atoms with van der Waals surface area (Å²) < 4.78 is 4.82. The Kier molecular flexibility index (Phi) is 6.52. The molecule has 136 valence electrons. The minimum absolute atomic E-state index is 0.197. The van der Waals surface area contributed by atoms with Crippen LogP contribution in [-0.4, -0.2) is 48.9 Å². The van der Waals surface area contributed by atoms with Gasteiger partial charge in [-0.2, -0.15) is 0 Å². The summed E-state index contributed by atoms with van der Waals surface area (Å²) in [5, 5.41) is 2.75. The Balaban J connectivity index is 2.17. The molecule has 1 aromatic carbocycles. The van der Waals surface area contributed by atoms with E-state index in [9.17, 15) is 14.4 Å². The van der Waals surface area contributed by atoms with Gasteiger partial charge in [-0.05, 0) is 37.5 Å². The lowest BCUT2D eigenvalue weighted by atomic mass is 10.0. The lowest BCUT2D eigenvalue weighted by molar-refractivity contribution is -0.147. The highest BCUT2D eigenvalue weighted by molar-refractivity contribution is 5.99. The highest BCUT2D eigenvalue weighted by Gasteiger charge is 2.33. The number of nitrogens with one attached hydrogen (secondary N) is 1. The minimum Gasteiger partial charge on any atom is -0.467 e. The molecule has 0 radical (unpaired) electrons. The molecule has 2 amide bonds. The lowest BCUT2D eigenvalue weighted by Gasteiger charge is -2.33. The number of amides is 2. The predicted molar refractivity (Wildman–Crippen MR) is 94.0 cm³/mol. The van der Waals surface area contributed by atoms with Gasteiger partial charge in [-0.3, -0.25) is 9.59 Å². The fourth-order valence-corrected chi connectivity index (χ4v) is 2.82. The lowest BCUT2D eigenvalue weighted by Crippen LogP contribution is -2.48. The highest BCUT2D eigenvalue weighted by Crippen LogP contribution is 2.22. The van der Waals surface area contributed by atoms with Crippen molar-refractivity contribution in [2.24, 2.45) is 11.7 Å². The predicted octanol–water partition coefficient (Wildman–Crippen LogP) is 1.39. The Bertz CT molecular complexity index is 647. The number of hydrogen-bond donors (Lipinski definition) is 2. The van der Waals surface area contributed by atoms with Gasteiger partial charge in [0.05, 0.1) is 7.11 Å². The Hall–Kier alpha value is -2.41. The largest absolute Gasteiger partial charge is 0.467 e. The molecule has 0 spiro atoms. The number of anilines is 1. The topological polar surface area (TPSA) is 102 Å². The third kappa shape index (κ3) is 4.57. The van der Waals surface area contributed by atoms with E-state index in [1.165, 1.54) is 7.11 Å². The molecule has 7 heteroatoms. The van der Waals surface area contributed by atoms with Crippen LogP contribution in [0, 0.1) is 5.92 Å². The third-order valence-electron chi connectivity index (χ3n) is 4.42. The van der Waals surface area contributed by atoms with Crippen LogP contribution >= 0.6 is 0 Å². The summed E-state index contributed by atoms with van der Waals surface area (Å²) in [5.41, 5.74) is 6.45. The fourth-order valence-electron chi connectivity index (χ4n) is 2.82. The van der Waals surface area contributed by atoms with E-state index in [0.29, 0.717) is 24.2 Å². The van der Waals surface area contributed by atoms with E-state index in [4.69, 9.17) is 10.5 Å². The molecule has 1 aliphatic heterocycles. The van der Waals surface area contributed by atoms with Crippen molar-refractivity contribution in [2.75, 3.05) is 25.5 Å². The summed E-state index contributed by atoms with van der Waals surface area (Å²) >= 11 is 0. The van der Waals surface area contributed by atoms with E-state index in [1.54, 1.807) is 36.1 Å². The molecule has 1 aliphatic rings. The quantitative estimate of drug-likeness (QED) is 0.784. The molecule has 3 N–H and O–H groups in total. The Morgan fingerprint density at radius 1 is 1.36 bits per heavy atom. The van der Waals surface area contributed by atoms with Crippen LogP contribution in [0.4, 0.5) is 5.69 Å². The van der Waals surface area contributed by atoms with Crippen LogP contribution in [0.1, 0.15) is 36.5 Å². The molecule has 2 rings (SSSR count). The Morgan fingerprint density at radius 3 is 2.80 bits per heavy atom. The van der Waals surface area contributed by atoms with Crippen LogP contribution in [0.5, 0.6) is 0 Å². The summed E-state index contributed by atoms with van der Waals surface area (Å²) in [6, 6.07) is 6.15. The normalized spacial score (nSPS) is 18.4. The van der Waals surface area contributed by atoms with Gasteiger partial charge in [0.15, 0.2) is 0 Å². The van der Waals surface area contributed by atoms with Crippen LogP contribution in [0.25, 0.3) is 0 Å². The summed E-state index contributed by atoms with van der Waals surface area (Å²) in [6.45, 7) is 2.50. The molecular formula is C18H25N3O4. The summed E-state index contributed by atoms with van der Waals surface area (Å²) in [7, 11) is 1.33. The van der Waals surface area contributed by atoms with Gasteiger partial charge in [-0.25, -0.2) is 4.79 Å². The average molecular weight is 347 g/mol. The van der Waals surface area contributed by atoms with Crippen molar-refractivity contribution in [3.8, 4) is 0 Å². The number of methoxy groups -OCH3 is 1. The van der Waals surface area contributed by atoms with Crippen LogP contribution in [0.15, 0.2) is 24.3 Å². The molecule has 0 aromatic heterocycles. The van der Waals surface area contributed by atoms with E-state index < -0.39 is 12.0 Å². The van der Waals surface area contributed by atoms with Gasteiger partial charge in [-0.15, -0.1) is 0 Å². The van der Waals surface area contributed by atoms with Gasteiger partial charge < -0.3 is 20.7 Å². The molecule has 2 unspecified atom stereocenters. The van der Waals surface area contributed by atoms with Gasteiger partial charge in [0.2, 0.25) is 5.91 Å². The van der Waals surface area contributed by atoms with Gasteiger partial charge in [0, 0.05) is 30.3 Å². The van der Waals surface area contributed by atoms with Gasteiger partial charge >= 0.3 is 5.97 Å². The van der Waals surface area contributed by atoms with Crippen LogP contribution in [-0.2, 0) is 14.3 Å². The van der Waals surface area contributed by atoms with E-state index in [-0.39, 0.29) is 24.3 Å². The third-order valence-corrected chi connectivity index (χ3v) is 4.42. The van der Waals surface area contributed by atoms with Crippen molar-refractivity contribution in [1.82, 2.24) is 4.90 Å². The molecule has 1 heterocycles. The molecule has 1 aromatic rings. The van der Waals surface area contributed by atoms with Crippen LogP contribution in [0.3, 0.4) is 0 Å². The van der Waals surface area contributed by atoms with Crippen molar-refractivity contribution in [3.05, 3.63) is 29.8 Å². The number of nitrogens with two attached hydrogens (primary N) is 1. The van der Waals surface area contributed by atoms with Crippen molar-refractivity contribution >= 4 is 23.5 Å². The number of hydrogen-bond acceptors (Lipinski definition) is 5. The first kappa shape index (κ1) is 18.9. The SMILES string of the molecule is COC(=O)C1CCCCN1C(=O)c1cccc(NC(=O)C(C)CN)c1. The number of carbonyl (C=O) groups is 3. The zero-order chi connectivity index (χ0) is 18.4. The zero-order valence-electron chi connectivity index (χ0n) is 14.7. The van der Waals surface area contributed by atoms with E-state index >= 15 is 0 Å². The van der Waals surface area contributed by atoms with Crippen LogP contribution < -0.4 is 11.1 Å². The molecule has 1 fully saturated rings. The number of benzene rings is 1. The van der Waals surface area contributed by atoms with Gasteiger partial charge in [-0.1, -0.05) is 13.0 Å². The van der Waals surface area contributed by atoms with E-state index in [1.807, 2.05) is 0 Å². The van der Waals surface area contributed by atoms with Gasteiger partial charge in [0.1, 0.15) is 6.04 Å². The molecule has 25 heavy (non-hydrogen) atoms. The Morgan fingerprint density at radius 2 is 2.12 bits per heavy atom. The standard InChI is InChI=1S/C18H25N3O4/c1-12(11-19)16(22)20-14-7-5-6-13(10-14)17(23)21-9-4-3-8-15(21)18(24)25-2/h5-7,10,12,15H,3-4,8-9,11,19H2,1-2H3,(H,20,22). The molecule has 0 saturated carbocycles. The number of nitrogens with zero attached hydrogens (tertiary/aromatic N) is 1. The van der Waals surface area contributed by atoms with E-state index in [2.05, 4.69) is 5.32 Å². The van der Waals surface area contributed by atoms with Crippen molar-refractivity contribution < 1.29 is 19.1 Å². The second kappa shape index (κ2) is 8.62. The maximum Gasteiger partial charge on any atom is 0.328 e. The van der Waals surface area contributed by atoms with E-state index in [0.717, 1.165) is 12.8 Å². The van der Waals surface area contributed by atoms with Crippen molar-refractivity contribution in [3.63, 3.8) is 0 Å². The second-order valence-electron chi connectivity index (χ2n) is 6.24. The number of piperidine rings is 1. The number of ether oxygens (including phenoxy) is 1.